The van der Waals surface area contributed by atoms with E-state index in [0.29, 0.717) is 0 Å². The highest BCUT2D eigenvalue weighted by Gasteiger charge is 2.31. The van der Waals surface area contributed by atoms with Gasteiger partial charge >= 0.3 is 12.3 Å². The van der Waals surface area contributed by atoms with Crippen molar-refractivity contribution in [2.45, 2.75) is 6.18 Å². The van der Waals surface area contributed by atoms with Crippen molar-refractivity contribution in [2.75, 3.05) is 18.3 Å². The molecule has 2 rings (SSSR count). The normalized spacial score (nSPS) is 15.4. The number of halogens is 4. The second-order valence-electron chi connectivity index (χ2n) is 3.76. The van der Waals surface area contributed by atoms with Crippen LogP contribution < -0.4 is 5.01 Å². The van der Waals surface area contributed by atoms with Crippen LogP contribution in [0.25, 0.3) is 0 Å². The van der Waals surface area contributed by atoms with Crippen LogP contribution in [-0.2, 0) is 15.7 Å². The highest BCUT2D eigenvalue weighted by molar-refractivity contribution is 9.11. The van der Waals surface area contributed by atoms with Gasteiger partial charge in [0.15, 0.2) is 6.73 Å². The van der Waals surface area contributed by atoms with Crippen LogP contribution in [0.3, 0.4) is 0 Å². The first-order valence-electron chi connectivity index (χ1n) is 5.55. The van der Waals surface area contributed by atoms with E-state index in [1.54, 1.807) is 11.1 Å². The number of nitrogens with zero attached hydrogens (tertiary/aromatic N) is 2. The molecule has 8 heteroatoms. The first kappa shape index (κ1) is 14.7. The van der Waals surface area contributed by atoms with Gasteiger partial charge in [-0.2, -0.15) is 13.2 Å². The van der Waals surface area contributed by atoms with E-state index in [0.717, 1.165) is 12.1 Å². The fraction of sp³-hybridized carbons (Fsp3) is 0.250. The molecule has 1 aliphatic heterocycles. The minimum atomic E-state index is -4.39. The number of hydrogen-bond acceptors (Lipinski definition) is 4. The Morgan fingerprint density at radius 2 is 2.25 bits per heavy atom. The van der Waals surface area contributed by atoms with Crippen molar-refractivity contribution >= 4 is 27.7 Å². The molecule has 0 unspecified atom stereocenters. The van der Waals surface area contributed by atoms with Crippen molar-refractivity contribution in [1.29, 1.82) is 0 Å². The molecule has 0 aliphatic carbocycles. The number of anilines is 1. The van der Waals surface area contributed by atoms with Gasteiger partial charge in [-0.25, -0.2) is 5.01 Å². The number of ether oxygens (including phenoxy) is 2. The Bertz CT molecular complexity index is 532. The van der Waals surface area contributed by atoms with Gasteiger partial charge in [0.1, 0.15) is 6.61 Å². The summed E-state index contributed by atoms with van der Waals surface area (Å²) in [6.45, 7) is 0.259. The third kappa shape index (κ3) is 3.66. The Balaban J connectivity index is 2.09. The predicted octanol–water partition coefficient (Wildman–Crippen LogP) is 3.70. The van der Waals surface area contributed by atoms with Gasteiger partial charge in [0, 0.05) is 0 Å². The summed E-state index contributed by atoms with van der Waals surface area (Å²) < 4.78 is 48.1. The molecule has 0 radical (unpaired) electrons. The molecular formula is C12H10BrF3N2O2. The van der Waals surface area contributed by atoms with Gasteiger partial charge < -0.3 is 9.47 Å². The highest BCUT2D eigenvalue weighted by atomic mass is 79.9. The van der Waals surface area contributed by atoms with Crippen molar-refractivity contribution in [3.05, 3.63) is 40.9 Å². The summed E-state index contributed by atoms with van der Waals surface area (Å²) in [6, 6.07) is 4.85. The lowest BCUT2D eigenvalue weighted by atomic mass is 10.2. The van der Waals surface area contributed by atoms with Crippen LogP contribution in [0.1, 0.15) is 5.56 Å². The number of alkyl halides is 3. The van der Waals surface area contributed by atoms with Gasteiger partial charge in [0.05, 0.1) is 11.3 Å². The fourth-order valence-electron chi connectivity index (χ4n) is 1.47. The topological polar surface area (TPSA) is 34.1 Å². The van der Waals surface area contributed by atoms with E-state index in [-0.39, 0.29) is 25.1 Å². The molecule has 0 aromatic heterocycles. The Hall–Kier alpha value is -1.70. The number of hydrazone groups is 1. The van der Waals surface area contributed by atoms with Crippen molar-refractivity contribution in [1.82, 2.24) is 0 Å². The minimum Gasteiger partial charge on any atom is -0.445 e. The zero-order chi connectivity index (χ0) is 14.6. The van der Waals surface area contributed by atoms with Crippen LogP contribution in [0.2, 0.25) is 0 Å². The third-order valence-corrected chi connectivity index (χ3v) is 2.75. The maximum atomic E-state index is 12.6. The number of hydrogen-bond donors (Lipinski definition) is 0. The van der Waals surface area contributed by atoms with Crippen LogP contribution in [0, 0.1) is 0 Å². The Morgan fingerprint density at radius 3 is 2.95 bits per heavy atom. The zero-order valence-corrected chi connectivity index (χ0v) is 11.7. The lowest BCUT2D eigenvalue weighted by molar-refractivity contribution is -0.137. The van der Waals surface area contributed by atoms with Crippen molar-refractivity contribution < 1.29 is 22.6 Å². The molecule has 4 nitrogen and oxygen atoms in total. The summed E-state index contributed by atoms with van der Waals surface area (Å²) in [6.07, 6.45) is -2.69. The van der Waals surface area contributed by atoms with Crippen molar-refractivity contribution in [3.8, 4) is 0 Å². The molecule has 0 spiro atoms. The SMILES string of the molecule is FC(F)(F)c1cccc(N2COC(OC/C=C\Br)=N2)c1. The summed E-state index contributed by atoms with van der Waals surface area (Å²) in [5.74, 6) is 0. The molecule has 0 bridgehead atoms. The standard InChI is InChI=1S/C12H10BrF3N2O2/c13-5-2-6-19-11-17-18(8-20-11)10-4-1-3-9(7-10)12(14,15)16/h1-5,7H,6,8H2/b5-2-. The van der Waals surface area contributed by atoms with Gasteiger partial charge in [0.2, 0.25) is 0 Å². The van der Waals surface area contributed by atoms with Crippen molar-refractivity contribution in [2.24, 2.45) is 5.10 Å². The van der Waals surface area contributed by atoms with Gasteiger partial charge in [-0.05, 0) is 29.3 Å². The third-order valence-electron chi connectivity index (χ3n) is 2.38. The van der Waals surface area contributed by atoms with Gasteiger partial charge in [-0.3, -0.25) is 0 Å². The highest BCUT2D eigenvalue weighted by Crippen LogP contribution is 2.32. The molecule has 0 saturated carbocycles. The molecule has 0 saturated heterocycles. The Kier molecular flexibility index (Phi) is 4.53. The fourth-order valence-corrected chi connectivity index (χ4v) is 1.63. The summed E-state index contributed by atoms with van der Waals surface area (Å²) in [5, 5.41) is 5.24. The summed E-state index contributed by atoms with van der Waals surface area (Å²) in [5.41, 5.74) is -0.448. The van der Waals surface area contributed by atoms with Crippen molar-refractivity contribution in [3.63, 3.8) is 0 Å². The van der Waals surface area contributed by atoms with Crippen LogP contribution in [0.4, 0.5) is 18.9 Å². The molecule has 20 heavy (non-hydrogen) atoms. The molecule has 0 amide bonds. The van der Waals surface area contributed by atoms with Gasteiger partial charge in [-0.1, -0.05) is 27.1 Å². The maximum Gasteiger partial charge on any atom is 0.416 e. The van der Waals surface area contributed by atoms with E-state index in [4.69, 9.17) is 9.47 Å². The molecule has 1 aliphatic rings. The maximum absolute atomic E-state index is 12.6. The monoisotopic (exact) mass is 350 g/mol. The molecule has 1 aromatic rings. The van der Waals surface area contributed by atoms with Crippen LogP contribution in [-0.4, -0.2) is 19.4 Å². The second kappa shape index (κ2) is 6.17. The first-order chi connectivity index (χ1) is 9.50. The average molecular weight is 351 g/mol. The molecule has 0 atom stereocenters. The van der Waals surface area contributed by atoms with E-state index < -0.39 is 11.7 Å². The Morgan fingerprint density at radius 1 is 1.45 bits per heavy atom. The van der Waals surface area contributed by atoms with E-state index in [1.807, 2.05) is 0 Å². The lowest BCUT2D eigenvalue weighted by Gasteiger charge is -2.13. The molecule has 1 heterocycles. The van der Waals surface area contributed by atoms with E-state index in [1.165, 1.54) is 17.1 Å². The van der Waals surface area contributed by atoms with Crippen LogP contribution in [0.5, 0.6) is 0 Å². The molecule has 0 fully saturated rings. The van der Waals surface area contributed by atoms with E-state index in [2.05, 4.69) is 21.0 Å². The summed E-state index contributed by atoms with van der Waals surface area (Å²) in [7, 11) is 0. The van der Waals surface area contributed by atoms with Gasteiger partial charge in [0.25, 0.3) is 0 Å². The zero-order valence-electron chi connectivity index (χ0n) is 10.1. The molecular weight excluding hydrogens is 341 g/mol. The smallest absolute Gasteiger partial charge is 0.416 e. The predicted molar refractivity (Wildman–Crippen MR) is 71.3 cm³/mol. The number of benzene rings is 1. The summed E-state index contributed by atoms with van der Waals surface area (Å²) in [4.78, 5) is 1.62. The van der Waals surface area contributed by atoms with Gasteiger partial charge in [-0.15, -0.1) is 0 Å². The average Bonchev–Trinajstić information content (AvgIpc) is 2.87. The lowest BCUT2D eigenvalue weighted by Crippen LogP contribution is -2.14. The van der Waals surface area contributed by atoms with Crippen LogP contribution in [0.15, 0.2) is 40.4 Å². The molecule has 0 N–H and O–H groups in total. The largest absolute Gasteiger partial charge is 0.445 e. The number of rotatable bonds is 3. The minimum absolute atomic E-state index is 0.00860. The molecule has 108 valence electrons. The Labute approximate surface area is 121 Å². The quantitative estimate of drug-likeness (QED) is 0.833. The first-order valence-corrected chi connectivity index (χ1v) is 6.46. The van der Waals surface area contributed by atoms with E-state index in [9.17, 15) is 13.2 Å². The summed E-state index contributed by atoms with van der Waals surface area (Å²) >= 11 is 3.08. The van der Waals surface area contributed by atoms with E-state index >= 15 is 0 Å². The van der Waals surface area contributed by atoms with Crippen LogP contribution >= 0.6 is 15.9 Å². The second-order valence-corrected chi connectivity index (χ2v) is 4.29. The molecule has 1 aromatic carbocycles.